The van der Waals surface area contributed by atoms with Crippen molar-refractivity contribution in [1.29, 1.82) is 0 Å². The lowest BCUT2D eigenvalue weighted by molar-refractivity contribution is 0.523. The molecule has 1 rings (SSSR count). The fourth-order valence-electron chi connectivity index (χ4n) is 1.29. The van der Waals surface area contributed by atoms with Gasteiger partial charge in [0.15, 0.2) is 0 Å². The van der Waals surface area contributed by atoms with Gasteiger partial charge in [-0.1, -0.05) is 14.0 Å². The first-order chi connectivity index (χ1) is 6.50. The molecule has 0 radical (unpaired) electrons. The van der Waals surface area contributed by atoms with Crippen molar-refractivity contribution >= 4 is 7.92 Å². The van der Waals surface area contributed by atoms with Gasteiger partial charge in [-0.2, -0.15) is 0 Å². The zero-order valence-corrected chi connectivity index (χ0v) is 10.1. The van der Waals surface area contributed by atoms with Crippen molar-refractivity contribution in [3.05, 3.63) is 35.1 Å². The monoisotopic (exact) mass is 213 g/mol. The van der Waals surface area contributed by atoms with Gasteiger partial charge in [0.2, 0.25) is 0 Å². The predicted molar refractivity (Wildman–Crippen MR) is 62.4 cm³/mol. The minimum atomic E-state index is -0.183. The van der Waals surface area contributed by atoms with Gasteiger partial charge < -0.3 is 4.90 Å². The molecule has 14 heavy (non-hydrogen) atoms. The van der Waals surface area contributed by atoms with Gasteiger partial charge in [-0.05, 0) is 37.2 Å². The van der Waals surface area contributed by atoms with Crippen LogP contribution in [0, 0.1) is 0 Å². The molecule has 0 fully saturated rings. The maximum absolute atomic E-state index is 13.4. The quantitative estimate of drug-likeness (QED) is 0.636. The second-order valence-corrected chi connectivity index (χ2v) is 6.15. The van der Waals surface area contributed by atoms with Crippen LogP contribution < -0.4 is 0 Å². The first-order valence-electron chi connectivity index (χ1n) is 4.63. The van der Waals surface area contributed by atoms with Crippen molar-refractivity contribution < 1.29 is 4.39 Å². The maximum Gasteiger partial charge on any atom is 0.125 e. The summed E-state index contributed by atoms with van der Waals surface area (Å²) >= 11 is 0. The third-order valence-corrected chi connectivity index (χ3v) is 3.66. The fourth-order valence-corrected chi connectivity index (χ4v) is 2.13. The Morgan fingerprint density at radius 3 is 2.43 bits per heavy atom. The normalized spacial score (nSPS) is 17.1. The standard InChI is InChI=1S/C11H17FNP/c1-13(2)10-5-6-11(14(3)4)8-9(12)7-10/h5,7-8H,6H2,1-4H3. The van der Waals surface area contributed by atoms with Gasteiger partial charge in [0.1, 0.15) is 5.83 Å². The number of halogens is 1. The van der Waals surface area contributed by atoms with Crippen LogP contribution in [0.25, 0.3) is 0 Å². The van der Waals surface area contributed by atoms with E-state index in [2.05, 4.69) is 19.4 Å². The topological polar surface area (TPSA) is 3.24 Å². The summed E-state index contributed by atoms with van der Waals surface area (Å²) < 4.78 is 13.4. The third kappa shape index (κ3) is 2.95. The maximum atomic E-state index is 13.4. The Hall–Kier alpha value is -0.620. The van der Waals surface area contributed by atoms with Crippen molar-refractivity contribution in [3.8, 4) is 0 Å². The lowest BCUT2D eigenvalue weighted by Gasteiger charge is -2.13. The van der Waals surface area contributed by atoms with Crippen LogP contribution in [0.1, 0.15) is 6.42 Å². The lowest BCUT2D eigenvalue weighted by atomic mass is 10.3. The Morgan fingerprint density at radius 2 is 1.93 bits per heavy atom. The van der Waals surface area contributed by atoms with Gasteiger partial charge in [-0.15, -0.1) is 0 Å². The summed E-state index contributed by atoms with van der Waals surface area (Å²) in [5, 5.41) is 1.21. The molecule has 0 atom stereocenters. The van der Waals surface area contributed by atoms with Crippen LogP contribution >= 0.6 is 7.92 Å². The van der Waals surface area contributed by atoms with E-state index in [1.807, 2.05) is 19.0 Å². The first kappa shape index (κ1) is 11.5. The number of hydrogen-bond acceptors (Lipinski definition) is 1. The molecule has 1 aliphatic carbocycles. The molecule has 0 aromatic carbocycles. The number of nitrogens with zero attached hydrogens (tertiary/aromatic N) is 1. The highest BCUT2D eigenvalue weighted by Gasteiger charge is 2.08. The largest absolute Gasteiger partial charge is 0.378 e. The predicted octanol–water partition coefficient (Wildman–Crippen LogP) is 3.31. The van der Waals surface area contributed by atoms with E-state index >= 15 is 0 Å². The van der Waals surface area contributed by atoms with Crippen LogP contribution in [-0.4, -0.2) is 32.3 Å². The van der Waals surface area contributed by atoms with Crippen LogP contribution in [0.2, 0.25) is 0 Å². The van der Waals surface area contributed by atoms with E-state index in [4.69, 9.17) is 0 Å². The highest BCUT2D eigenvalue weighted by Crippen LogP contribution is 2.41. The average Bonchev–Trinajstić information content (AvgIpc) is 2.26. The van der Waals surface area contributed by atoms with Gasteiger partial charge in [-0.3, -0.25) is 0 Å². The Labute approximate surface area is 86.7 Å². The molecule has 3 heteroatoms. The highest BCUT2D eigenvalue weighted by molar-refractivity contribution is 7.60. The summed E-state index contributed by atoms with van der Waals surface area (Å²) in [4.78, 5) is 1.93. The molecule has 0 aromatic rings. The minimum absolute atomic E-state index is 0.131. The Morgan fingerprint density at radius 1 is 1.29 bits per heavy atom. The summed E-state index contributed by atoms with van der Waals surface area (Å²) in [7, 11) is 3.68. The van der Waals surface area contributed by atoms with E-state index in [9.17, 15) is 4.39 Å². The van der Waals surface area contributed by atoms with Crippen molar-refractivity contribution in [2.75, 3.05) is 27.4 Å². The third-order valence-electron chi connectivity index (χ3n) is 2.20. The lowest BCUT2D eigenvalue weighted by Crippen LogP contribution is -2.08. The summed E-state index contributed by atoms with van der Waals surface area (Å²) in [5.74, 6) is -0.131. The molecule has 78 valence electrons. The summed E-state index contributed by atoms with van der Waals surface area (Å²) in [6.45, 7) is 4.31. The van der Waals surface area contributed by atoms with E-state index in [0.29, 0.717) is 0 Å². The van der Waals surface area contributed by atoms with E-state index in [-0.39, 0.29) is 13.7 Å². The van der Waals surface area contributed by atoms with Crippen LogP contribution in [0.4, 0.5) is 4.39 Å². The second-order valence-electron chi connectivity index (χ2n) is 3.79. The van der Waals surface area contributed by atoms with Crippen LogP contribution in [0.3, 0.4) is 0 Å². The minimum Gasteiger partial charge on any atom is -0.378 e. The number of hydrogen-bond donors (Lipinski definition) is 0. The summed E-state index contributed by atoms with van der Waals surface area (Å²) in [5.41, 5.74) is 0.950. The average molecular weight is 213 g/mol. The molecule has 1 nitrogen and oxygen atoms in total. The van der Waals surface area contributed by atoms with Crippen molar-refractivity contribution in [1.82, 2.24) is 4.90 Å². The Balaban J connectivity index is 2.92. The molecule has 0 aromatic heterocycles. The van der Waals surface area contributed by atoms with E-state index < -0.39 is 0 Å². The van der Waals surface area contributed by atoms with E-state index in [0.717, 1.165) is 12.1 Å². The molecule has 0 heterocycles. The van der Waals surface area contributed by atoms with Gasteiger partial charge in [0.25, 0.3) is 0 Å². The number of rotatable bonds is 2. The molecular weight excluding hydrogens is 196 g/mol. The number of likely N-dealkylation sites (N-methyl/N-ethyl adjacent to an activating group) is 1. The second kappa shape index (κ2) is 4.75. The summed E-state index contributed by atoms with van der Waals surface area (Å²) in [6.07, 6.45) is 6.22. The molecule has 0 aliphatic heterocycles. The molecule has 1 aliphatic rings. The van der Waals surface area contributed by atoms with Crippen molar-refractivity contribution in [3.63, 3.8) is 0 Å². The van der Waals surface area contributed by atoms with Crippen molar-refractivity contribution in [2.24, 2.45) is 0 Å². The van der Waals surface area contributed by atoms with Crippen LogP contribution in [0.5, 0.6) is 0 Å². The zero-order chi connectivity index (χ0) is 10.7. The Kier molecular flexibility index (Phi) is 3.88. The van der Waals surface area contributed by atoms with Crippen LogP contribution in [-0.2, 0) is 0 Å². The fraction of sp³-hybridized carbons (Fsp3) is 0.455. The van der Waals surface area contributed by atoms with E-state index in [1.165, 1.54) is 5.31 Å². The highest BCUT2D eigenvalue weighted by atomic mass is 31.1. The molecule has 0 saturated carbocycles. The smallest absolute Gasteiger partial charge is 0.125 e. The molecule has 0 spiro atoms. The van der Waals surface area contributed by atoms with Gasteiger partial charge in [0, 0.05) is 19.8 Å². The molecule has 0 bridgehead atoms. The molecule has 0 amide bonds. The molecule has 0 unspecified atom stereocenters. The van der Waals surface area contributed by atoms with Gasteiger partial charge in [0.05, 0.1) is 0 Å². The molecule has 0 saturated heterocycles. The molecular formula is C11H17FNP. The first-order valence-corrected chi connectivity index (χ1v) is 6.87. The van der Waals surface area contributed by atoms with Crippen LogP contribution in [0.15, 0.2) is 35.1 Å². The van der Waals surface area contributed by atoms with Gasteiger partial charge >= 0.3 is 0 Å². The number of allylic oxidation sites excluding steroid dienone is 5. The van der Waals surface area contributed by atoms with Gasteiger partial charge in [-0.25, -0.2) is 4.39 Å². The van der Waals surface area contributed by atoms with Crippen molar-refractivity contribution in [2.45, 2.75) is 6.42 Å². The van der Waals surface area contributed by atoms with E-state index in [1.54, 1.807) is 12.2 Å². The molecule has 0 N–H and O–H groups in total. The zero-order valence-electron chi connectivity index (χ0n) is 9.21. The Bertz CT molecular complexity index is 300. The SMILES string of the molecule is CN(C)C1=CCC(P(C)C)=CC(F)=C1. The summed E-state index contributed by atoms with van der Waals surface area (Å²) in [6, 6.07) is 0.